The molecular weight excluding hydrogens is 1910 g/mol. The quantitative estimate of drug-likeness (QED) is 0.0182. The third-order valence-corrected chi connectivity index (χ3v) is 27.1. The minimum Gasteiger partial charge on any atom is -0.497 e. The summed E-state index contributed by atoms with van der Waals surface area (Å²) in [4.78, 5) is 113. The number of carbonyl (C=O) groups is 8. The van der Waals surface area contributed by atoms with Gasteiger partial charge in [0, 0.05) is 93.2 Å². The Bertz CT molecular complexity index is 6860. The van der Waals surface area contributed by atoms with E-state index in [1.165, 1.54) is 77.4 Å². The fourth-order valence-electron chi connectivity index (χ4n) is 16.2. The van der Waals surface area contributed by atoms with E-state index >= 15 is 0 Å². The number of urea groups is 1. The molecule has 4 aliphatic rings. The Morgan fingerprint density at radius 1 is 0.610 bits per heavy atom. The third kappa shape index (κ3) is 25.8. The molecule has 26 nitrogen and oxygen atoms in total. The van der Waals surface area contributed by atoms with Crippen LogP contribution < -0.4 is 25.6 Å². The van der Waals surface area contributed by atoms with E-state index in [0.717, 1.165) is 71.5 Å². The number of ether oxygens (including phenoxy) is 4. The number of aliphatic hydroxyl groups is 2. The van der Waals surface area contributed by atoms with E-state index < -0.39 is 45.6 Å². The molecular formula is C109H119Cl3N10O16S3. The lowest BCUT2D eigenvalue weighted by molar-refractivity contribution is -0.258. The molecule has 2 unspecified atom stereocenters. The number of methoxy groups -OCH3 is 1. The number of thiophene rings is 2. The lowest BCUT2D eigenvalue weighted by Crippen LogP contribution is -2.49. The molecule has 6 aromatic heterocycles. The normalized spacial score (nSPS) is 14.5. The molecule has 32 heteroatoms. The number of ketones is 2. The Kier molecular flexibility index (Phi) is 37.2. The number of sulfonamides is 1. The van der Waals surface area contributed by atoms with Gasteiger partial charge in [-0.15, -0.1) is 22.7 Å². The van der Waals surface area contributed by atoms with E-state index in [1.54, 1.807) is 158 Å². The number of esters is 1. The highest BCUT2D eigenvalue weighted by molar-refractivity contribution is 7.89. The molecule has 2 atom stereocenters. The van der Waals surface area contributed by atoms with Crippen molar-refractivity contribution >= 4 is 165 Å². The molecule has 0 bridgehead atoms. The number of imide groups is 1. The molecule has 5 amide bonds. The van der Waals surface area contributed by atoms with Gasteiger partial charge in [0.2, 0.25) is 5.78 Å². The van der Waals surface area contributed by atoms with Gasteiger partial charge in [0.05, 0.1) is 58.0 Å². The zero-order valence-electron chi connectivity index (χ0n) is 82.3. The van der Waals surface area contributed by atoms with Crippen LogP contribution in [-0.4, -0.2) is 140 Å². The minimum absolute atomic E-state index is 0.00669. The monoisotopic (exact) mass is 2020 g/mol. The number of halogens is 3. The van der Waals surface area contributed by atoms with Crippen LogP contribution in [0.25, 0.3) is 33.2 Å². The number of benzene rings is 7. The van der Waals surface area contributed by atoms with E-state index in [0.29, 0.717) is 84.0 Å². The number of hydrogen-bond donors (Lipinski definition) is 5. The molecule has 740 valence electrons. The fraction of sp³-hybridized carbons (Fsp3) is 0.303. The van der Waals surface area contributed by atoms with Gasteiger partial charge >= 0.3 is 12.0 Å². The Morgan fingerprint density at radius 2 is 1.21 bits per heavy atom. The molecule has 0 saturated heterocycles. The second kappa shape index (κ2) is 48.4. The van der Waals surface area contributed by atoms with Crippen molar-refractivity contribution in [3.05, 3.63) is 333 Å². The van der Waals surface area contributed by atoms with Crippen LogP contribution in [-0.2, 0) is 68.7 Å². The number of nitrogens with zero attached hydrogens (tertiary/aromatic N) is 7. The highest BCUT2D eigenvalue weighted by Crippen LogP contribution is 2.46. The van der Waals surface area contributed by atoms with Gasteiger partial charge in [0.1, 0.15) is 28.2 Å². The van der Waals surface area contributed by atoms with Crippen molar-refractivity contribution < 1.29 is 75.9 Å². The molecule has 10 heterocycles. The lowest BCUT2D eigenvalue weighted by Gasteiger charge is -2.40. The van der Waals surface area contributed by atoms with E-state index in [-0.39, 0.29) is 87.1 Å². The number of anilines is 3. The summed E-state index contributed by atoms with van der Waals surface area (Å²) in [5.74, 6) is -2.65. The smallest absolute Gasteiger partial charge is 0.328 e. The van der Waals surface area contributed by atoms with Gasteiger partial charge in [0.15, 0.2) is 28.7 Å². The summed E-state index contributed by atoms with van der Waals surface area (Å²) in [7, 11) is 0.615. The van der Waals surface area contributed by atoms with Crippen LogP contribution in [0.15, 0.2) is 252 Å². The number of Topliss-reactive ketones (excluding diaryl/α,β-unsaturated/α-hetero) is 1. The first kappa shape index (κ1) is 108. The summed E-state index contributed by atoms with van der Waals surface area (Å²) in [6.45, 7) is 32.1. The highest BCUT2D eigenvalue weighted by Gasteiger charge is 2.48. The first-order valence-corrected chi connectivity index (χ1v) is 50.7. The van der Waals surface area contributed by atoms with Crippen LogP contribution in [0, 0.1) is 25.7 Å². The second-order valence-corrected chi connectivity index (χ2v) is 40.4. The maximum Gasteiger partial charge on any atom is 0.328 e. The number of rotatable bonds is 22. The van der Waals surface area contributed by atoms with Crippen molar-refractivity contribution in [3.8, 4) is 5.75 Å². The standard InChI is InChI=1S/C21H22ClNO2.C19H21N3O4.C19H21NO3.C17H15ClN2O3S.C16H17N3O4S2.C15H17Cl.C2H6/c1-13(2)11-18-14(3)23(20-10-9-17(25-4)12-19(18)20)21(24)15-5-7-16(22)8-6-15;1-12(2)26-17-13-8-4-5-9-14(13)19(24,25)22(3)16(17)18(23)21-15-10-6-7-11-20-15;1-12(2)23-19(22)15-9-10-20-16(15)11-13(3)17(20)18(21)14-7-5-4-6-8-14;1-9(2)19-17(23)20-12-6-5-10(18)8-11(12)14(16(20)22)15(21)13-4-3-7-24-13;1-10(2)23-14-13(16(20)18-12-6-4-5-8-17-12)19(3)25(21,22)11-7-9-24-15(11)14;1-11(2)3-4-12-5-6-14-10-15(16)8-7-13(14)9-12;1-2/h5-10,12-13H,11H2,1-4H3;4-12,24-25H,1-3H3,(H,20,21,23);4-8,11-12,15H,9-10H2,1-3H3;3-9,14H,1-2H3,(H,19,23);4-10H,1-3H3,(H,17,18,20);5-11H,3-4H2,1-2H3;1-2H3. The number of carbonyl (C=O) groups excluding carboxylic acids is 8. The van der Waals surface area contributed by atoms with Crippen molar-refractivity contribution in [2.24, 2.45) is 11.8 Å². The Hall–Kier alpha value is -13.1. The minimum atomic E-state index is -3.81. The van der Waals surface area contributed by atoms with Crippen molar-refractivity contribution in [1.29, 1.82) is 0 Å². The number of aromatic nitrogens is 4. The number of likely N-dealkylation sites (N-methyl/N-ethyl adjacent to an activating group) is 2. The summed E-state index contributed by atoms with van der Waals surface area (Å²) < 4.78 is 52.6. The number of hydrogen-bond acceptors (Lipinski definition) is 21. The second-order valence-electron chi connectivity index (χ2n) is 35.3. The Balaban J connectivity index is 0.000000162. The molecule has 0 saturated carbocycles. The summed E-state index contributed by atoms with van der Waals surface area (Å²) >= 11 is 20.4. The fourth-order valence-corrected chi connectivity index (χ4v) is 20.0. The number of pyridine rings is 2. The number of aryl methyl sites for hydroxylation is 2. The van der Waals surface area contributed by atoms with Crippen molar-refractivity contribution in [1.82, 2.24) is 33.6 Å². The zero-order chi connectivity index (χ0) is 103. The van der Waals surface area contributed by atoms with Crippen LogP contribution in [0.2, 0.25) is 15.1 Å². The molecule has 17 rings (SSSR count). The predicted octanol–water partition coefficient (Wildman–Crippen LogP) is 23.3. The zero-order valence-corrected chi connectivity index (χ0v) is 87.0. The number of nitrogens with one attached hydrogen (secondary N) is 3. The van der Waals surface area contributed by atoms with Crippen molar-refractivity contribution in [2.45, 2.75) is 190 Å². The molecule has 4 aliphatic heterocycles. The topological polar surface area (TPSA) is 330 Å². The van der Waals surface area contributed by atoms with E-state index in [9.17, 15) is 57.0 Å². The summed E-state index contributed by atoms with van der Waals surface area (Å²) in [6, 6.07) is 62.7. The molecule has 7 aromatic carbocycles. The Labute approximate surface area is 846 Å². The van der Waals surface area contributed by atoms with Gasteiger partial charge in [-0.3, -0.25) is 42.4 Å². The molecule has 0 radical (unpaired) electrons. The van der Waals surface area contributed by atoms with Crippen molar-refractivity contribution in [2.75, 3.05) is 36.7 Å². The molecule has 13 aromatic rings. The molecule has 0 aliphatic carbocycles. The average Bonchev–Trinajstić information content (AvgIpc) is 1.49. The molecule has 0 fully saturated rings. The number of amides is 5. The van der Waals surface area contributed by atoms with E-state index in [1.807, 2.05) is 141 Å². The molecule has 5 N–H and O–H groups in total. The average molecular weight is 2030 g/mol. The van der Waals surface area contributed by atoms with E-state index in [2.05, 4.69) is 77.9 Å². The first-order valence-electron chi connectivity index (χ1n) is 46.4. The number of fused-ring (bicyclic) bond motifs is 6. The van der Waals surface area contributed by atoms with Gasteiger partial charge in [-0.1, -0.05) is 173 Å². The Morgan fingerprint density at radius 3 is 1.82 bits per heavy atom. The summed E-state index contributed by atoms with van der Waals surface area (Å²) in [5.41, 5.74) is 9.81. The lowest BCUT2D eigenvalue weighted by atomic mass is 9.95. The third-order valence-electron chi connectivity index (χ3n) is 22.7. The van der Waals surface area contributed by atoms with Crippen LogP contribution in [0.4, 0.5) is 22.1 Å². The highest BCUT2D eigenvalue weighted by atomic mass is 35.5. The summed E-state index contributed by atoms with van der Waals surface area (Å²) in [5, 5.41) is 38.1. The van der Waals surface area contributed by atoms with Gasteiger partial charge in [-0.25, -0.2) is 28.1 Å². The van der Waals surface area contributed by atoms with E-state index in [4.69, 9.17) is 53.8 Å². The molecule has 141 heavy (non-hydrogen) atoms. The predicted molar refractivity (Wildman–Crippen MR) is 560 cm³/mol. The van der Waals surface area contributed by atoms with Crippen LogP contribution >= 0.6 is 57.5 Å². The maximum absolute atomic E-state index is 13.1. The SMILES string of the molecule is CC.CC(C)CCc1ccc2cc(Cl)ccc2c1.CC(C)NC(=O)N1C(=O)C(C(=O)c2cccs2)c2cc(Cl)ccc21.CC(C)OC1=C(C(=O)Nc2ccccn2)N(C)C(O)(O)c2ccccc21.CC(C)OC1=C(C(=O)Nc2ccccn2)N(C)S(=O)(=O)c2ccsc21.COc1ccc2c(c1)c(CC(C)C)c(C)n2C(=O)c1ccc(Cl)cc1.Cc1cc2n(c1C(=O)c1ccccc1)CCC2C(=O)OC(C)C. The van der Waals surface area contributed by atoms with Gasteiger partial charge in [-0.05, 0) is 266 Å². The first-order chi connectivity index (χ1) is 67.1. The molecule has 0 spiro atoms. The van der Waals surface area contributed by atoms with Gasteiger partial charge in [0.25, 0.3) is 39.6 Å². The maximum atomic E-state index is 13.1. The van der Waals surface area contributed by atoms with Gasteiger partial charge < -0.3 is 54.6 Å². The van der Waals surface area contributed by atoms with Crippen LogP contribution in [0.1, 0.15) is 207 Å². The van der Waals surface area contributed by atoms with Crippen molar-refractivity contribution in [3.63, 3.8) is 0 Å². The largest absolute Gasteiger partial charge is 0.497 e. The van der Waals surface area contributed by atoms with Gasteiger partial charge in [-0.2, -0.15) is 0 Å². The van der Waals surface area contributed by atoms with Crippen LogP contribution in [0.5, 0.6) is 5.75 Å². The van der Waals surface area contributed by atoms with Crippen LogP contribution in [0.3, 0.4) is 0 Å². The summed E-state index contributed by atoms with van der Waals surface area (Å²) in [6.07, 6.45) is 6.54.